The first-order valence-electron chi connectivity index (χ1n) is 5.20. The van der Waals surface area contributed by atoms with Crippen LogP contribution in [0.5, 0.6) is 0 Å². The zero-order valence-electron chi connectivity index (χ0n) is 9.17. The molecule has 1 saturated heterocycles. The van der Waals surface area contributed by atoms with Crippen molar-refractivity contribution in [3.05, 3.63) is 25.3 Å². The van der Waals surface area contributed by atoms with Gasteiger partial charge in [-0.3, -0.25) is 14.3 Å². The van der Waals surface area contributed by atoms with E-state index in [4.69, 9.17) is 15.6 Å². The number of aromatic amines is 1. The highest BCUT2D eigenvalue weighted by Gasteiger charge is 2.36. The van der Waals surface area contributed by atoms with Gasteiger partial charge in [-0.2, -0.15) is 0 Å². The Balaban J connectivity index is 2.45. The van der Waals surface area contributed by atoms with Gasteiger partial charge in [0.1, 0.15) is 22.6 Å². The summed E-state index contributed by atoms with van der Waals surface area (Å²) in [6.07, 6.45) is -2.38. The summed E-state index contributed by atoms with van der Waals surface area (Å²) in [6, 6.07) is 0. The van der Waals surface area contributed by atoms with E-state index in [2.05, 4.69) is 20.9 Å². The summed E-state index contributed by atoms with van der Waals surface area (Å²) in [6.45, 7) is -0.364. The monoisotopic (exact) mass is 321 g/mol. The molecule has 1 fully saturated rings. The number of aromatic nitrogens is 2. The van der Waals surface area contributed by atoms with E-state index in [-0.39, 0.29) is 23.3 Å². The van der Waals surface area contributed by atoms with Crippen LogP contribution in [-0.4, -0.2) is 38.6 Å². The third-order valence-corrected chi connectivity index (χ3v) is 3.56. The molecule has 1 aliphatic rings. The number of aliphatic hydroxyl groups excluding tert-OH is 2. The number of aliphatic hydroxyl groups is 2. The van der Waals surface area contributed by atoms with Crippen LogP contribution in [0.3, 0.4) is 0 Å². The molecule has 0 unspecified atom stereocenters. The van der Waals surface area contributed by atoms with Crippen LogP contribution in [-0.2, 0) is 4.74 Å². The van der Waals surface area contributed by atoms with E-state index in [1.165, 1.54) is 0 Å². The predicted molar refractivity (Wildman–Crippen MR) is 65.1 cm³/mol. The third-order valence-electron chi connectivity index (χ3n) is 2.80. The van der Waals surface area contributed by atoms with Crippen LogP contribution in [0, 0.1) is 0 Å². The second kappa shape index (κ2) is 4.84. The van der Waals surface area contributed by atoms with Gasteiger partial charge >= 0.3 is 5.69 Å². The Morgan fingerprint density at radius 1 is 1.56 bits per heavy atom. The van der Waals surface area contributed by atoms with Gasteiger partial charge in [0.15, 0.2) is 0 Å². The molecule has 3 atom stereocenters. The number of hydrogen-bond acceptors (Lipinski definition) is 6. The fraction of sp³-hybridized carbons (Fsp3) is 0.556. The number of nitrogens with zero attached hydrogens (tertiary/aromatic N) is 1. The van der Waals surface area contributed by atoms with Gasteiger partial charge in [0.2, 0.25) is 0 Å². The number of rotatable bonds is 2. The number of nitrogens with one attached hydrogen (secondary N) is 1. The number of ether oxygens (including phenoxy) is 1. The molecule has 1 aromatic rings. The van der Waals surface area contributed by atoms with Crippen molar-refractivity contribution < 1.29 is 14.9 Å². The lowest BCUT2D eigenvalue weighted by Crippen LogP contribution is -2.35. The molecule has 9 heteroatoms. The van der Waals surface area contributed by atoms with Crippen molar-refractivity contribution in [2.45, 2.75) is 24.9 Å². The minimum absolute atomic E-state index is 0.0210. The Labute approximate surface area is 109 Å². The fourth-order valence-corrected chi connectivity index (χ4v) is 2.16. The smallest absolute Gasteiger partial charge is 0.332 e. The summed E-state index contributed by atoms with van der Waals surface area (Å²) in [4.78, 5) is 25.0. The molecular formula is C9H12BrN3O5. The highest BCUT2D eigenvalue weighted by molar-refractivity contribution is 9.10. The molecule has 18 heavy (non-hydrogen) atoms. The second-order valence-corrected chi connectivity index (χ2v) is 4.74. The van der Waals surface area contributed by atoms with Gasteiger partial charge in [0.05, 0.1) is 12.7 Å². The lowest BCUT2D eigenvalue weighted by molar-refractivity contribution is -0.0451. The maximum Gasteiger partial charge on any atom is 0.332 e. The van der Waals surface area contributed by atoms with Crippen LogP contribution in [0.1, 0.15) is 12.6 Å². The maximum atomic E-state index is 11.7. The molecule has 2 heterocycles. The van der Waals surface area contributed by atoms with Gasteiger partial charge in [-0.25, -0.2) is 4.79 Å². The van der Waals surface area contributed by atoms with E-state index in [0.29, 0.717) is 0 Å². The van der Waals surface area contributed by atoms with E-state index < -0.39 is 29.7 Å². The van der Waals surface area contributed by atoms with Crippen LogP contribution < -0.4 is 17.0 Å². The normalized spacial score (nSPS) is 27.6. The minimum atomic E-state index is -0.892. The second-order valence-electron chi connectivity index (χ2n) is 3.94. The average Bonchev–Trinajstić information content (AvgIpc) is 2.67. The van der Waals surface area contributed by atoms with Crippen molar-refractivity contribution >= 4 is 21.7 Å². The molecule has 8 nitrogen and oxygen atoms in total. The van der Waals surface area contributed by atoms with Crippen LogP contribution in [0.15, 0.2) is 14.1 Å². The number of nitrogen functional groups attached to an aromatic ring is 1. The first-order chi connectivity index (χ1) is 8.45. The summed E-state index contributed by atoms with van der Waals surface area (Å²) >= 11 is 2.96. The van der Waals surface area contributed by atoms with Crippen molar-refractivity contribution in [3.63, 3.8) is 0 Å². The van der Waals surface area contributed by atoms with Gasteiger partial charge in [0.25, 0.3) is 5.56 Å². The Morgan fingerprint density at radius 3 is 2.78 bits per heavy atom. The van der Waals surface area contributed by atoms with Crippen molar-refractivity contribution in [2.24, 2.45) is 0 Å². The molecule has 0 radical (unpaired) electrons. The van der Waals surface area contributed by atoms with E-state index >= 15 is 0 Å². The topological polar surface area (TPSA) is 131 Å². The van der Waals surface area contributed by atoms with Crippen molar-refractivity contribution in [2.75, 3.05) is 12.3 Å². The molecule has 5 N–H and O–H groups in total. The number of halogens is 1. The molecule has 0 amide bonds. The molecule has 0 spiro atoms. The Hall–Kier alpha value is -1.16. The summed E-state index contributed by atoms with van der Waals surface area (Å²) in [5.41, 5.74) is 4.31. The maximum absolute atomic E-state index is 11.7. The molecule has 0 aromatic carbocycles. The molecule has 100 valence electrons. The molecular weight excluding hydrogens is 310 g/mol. The van der Waals surface area contributed by atoms with Crippen LogP contribution >= 0.6 is 15.9 Å². The van der Waals surface area contributed by atoms with E-state index in [1.54, 1.807) is 0 Å². The SMILES string of the molecule is Nc1c(Br)c(=O)[nH]c(=O)n1[C@H]1C[C@H](O)[C@@H](CO)O1. The predicted octanol–water partition coefficient (Wildman–Crippen LogP) is -1.48. The summed E-state index contributed by atoms with van der Waals surface area (Å²) in [7, 11) is 0. The van der Waals surface area contributed by atoms with Crippen LogP contribution in [0.25, 0.3) is 0 Å². The van der Waals surface area contributed by atoms with Crippen molar-refractivity contribution in [1.82, 2.24) is 9.55 Å². The van der Waals surface area contributed by atoms with E-state index in [9.17, 15) is 14.7 Å². The Morgan fingerprint density at radius 2 is 2.22 bits per heavy atom. The number of nitrogens with two attached hydrogens (primary N) is 1. The highest BCUT2D eigenvalue weighted by atomic mass is 79.9. The van der Waals surface area contributed by atoms with Crippen LogP contribution in [0.2, 0.25) is 0 Å². The first-order valence-corrected chi connectivity index (χ1v) is 5.99. The first kappa shape index (κ1) is 13.3. The average molecular weight is 322 g/mol. The molecule has 0 aliphatic carbocycles. The van der Waals surface area contributed by atoms with E-state index in [0.717, 1.165) is 4.57 Å². The lowest BCUT2D eigenvalue weighted by Gasteiger charge is -2.17. The fourth-order valence-electron chi connectivity index (χ4n) is 1.87. The standard InChI is InChI=1S/C9H12BrN3O5/c10-6-7(11)13(9(17)12-8(6)16)5-1-3(15)4(2-14)18-5/h3-5,14-15H,1-2,11H2,(H,12,16,17)/t3-,4+,5+/m0/s1. The van der Waals surface area contributed by atoms with E-state index in [1.807, 2.05) is 0 Å². The van der Waals surface area contributed by atoms with Gasteiger partial charge in [-0.05, 0) is 15.9 Å². The largest absolute Gasteiger partial charge is 0.394 e. The Kier molecular flexibility index (Phi) is 3.57. The van der Waals surface area contributed by atoms with Gasteiger partial charge in [-0.1, -0.05) is 0 Å². The zero-order chi connectivity index (χ0) is 13.4. The van der Waals surface area contributed by atoms with Gasteiger partial charge in [-0.15, -0.1) is 0 Å². The Bertz CT molecular complexity index is 568. The van der Waals surface area contributed by atoms with Crippen molar-refractivity contribution in [1.29, 1.82) is 0 Å². The number of anilines is 1. The molecule has 0 bridgehead atoms. The van der Waals surface area contributed by atoms with Crippen LogP contribution in [0.4, 0.5) is 5.82 Å². The number of H-pyrrole nitrogens is 1. The lowest BCUT2D eigenvalue weighted by atomic mass is 10.2. The van der Waals surface area contributed by atoms with Gasteiger partial charge < -0.3 is 20.7 Å². The zero-order valence-corrected chi connectivity index (χ0v) is 10.8. The molecule has 0 saturated carbocycles. The van der Waals surface area contributed by atoms with Crippen molar-refractivity contribution in [3.8, 4) is 0 Å². The molecule has 1 aliphatic heterocycles. The quantitative estimate of drug-likeness (QED) is 0.525. The highest BCUT2D eigenvalue weighted by Crippen LogP contribution is 2.29. The summed E-state index contributed by atoms with van der Waals surface area (Å²) in [5.74, 6) is -0.0838. The number of hydrogen-bond donors (Lipinski definition) is 4. The summed E-state index contributed by atoms with van der Waals surface area (Å²) < 4.78 is 6.36. The molecule has 2 rings (SSSR count). The minimum Gasteiger partial charge on any atom is -0.394 e. The summed E-state index contributed by atoms with van der Waals surface area (Å²) in [5, 5.41) is 18.6. The molecule has 1 aromatic heterocycles. The van der Waals surface area contributed by atoms with Gasteiger partial charge in [0, 0.05) is 6.42 Å². The third kappa shape index (κ3) is 2.09.